The topological polar surface area (TPSA) is 114 Å². The molecule has 3 aromatic rings. The minimum atomic E-state index is -1.46. The Kier molecular flexibility index (Phi) is 7.45. The number of aromatic carboxylic acids is 1. The van der Waals surface area contributed by atoms with Crippen LogP contribution in [0.1, 0.15) is 42.7 Å². The highest BCUT2D eigenvalue weighted by molar-refractivity contribution is 5.93. The normalized spacial score (nSPS) is 12.2. The summed E-state index contributed by atoms with van der Waals surface area (Å²) < 4.78 is 48.3. The second-order valence-electron chi connectivity index (χ2n) is 7.93. The van der Waals surface area contributed by atoms with Crippen molar-refractivity contribution in [3.05, 3.63) is 63.2 Å². The van der Waals surface area contributed by atoms with E-state index in [1.54, 1.807) is 6.92 Å². The van der Waals surface area contributed by atoms with Gasteiger partial charge in [-0.05, 0) is 18.9 Å². The van der Waals surface area contributed by atoms with E-state index in [0.717, 1.165) is 6.20 Å². The van der Waals surface area contributed by atoms with Gasteiger partial charge in [0.2, 0.25) is 11.3 Å². The maximum Gasteiger partial charge on any atom is 0.341 e. The number of aliphatic hydroxyl groups is 1. The molecule has 0 radical (unpaired) electrons. The molecule has 1 unspecified atom stereocenters. The molecule has 3 N–H and O–H groups in total. The van der Waals surface area contributed by atoms with E-state index in [-0.39, 0.29) is 41.7 Å². The lowest BCUT2D eigenvalue weighted by atomic mass is 10.0. The van der Waals surface area contributed by atoms with Gasteiger partial charge in [0, 0.05) is 30.4 Å². The van der Waals surface area contributed by atoms with E-state index < -0.39 is 52.6 Å². The molecule has 2 aromatic heterocycles. The third kappa shape index (κ3) is 4.84. The number of nitrogens with zero attached hydrogens (tertiary/aromatic N) is 2. The van der Waals surface area contributed by atoms with Gasteiger partial charge in [0.15, 0.2) is 0 Å². The molecule has 2 heterocycles. The zero-order valence-corrected chi connectivity index (χ0v) is 18.7. The van der Waals surface area contributed by atoms with Gasteiger partial charge in [0.1, 0.15) is 28.7 Å². The summed E-state index contributed by atoms with van der Waals surface area (Å²) in [6.07, 6.45) is 1.13. The molecule has 0 aliphatic carbocycles. The van der Waals surface area contributed by atoms with E-state index in [1.807, 2.05) is 13.8 Å². The Bertz CT molecular complexity index is 1270. The van der Waals surface area contributed by atoms with E-state index in [0.29, 0.717) is 12.1 Å². The van der Waals surface area contributed by atoms with Gasteiger partial charge in [-0.25, -0.2) is 18.0 Å². The molecule has 3 rings (SSSR count). The summed E-state index contributed by atoms with van der Waals surface area (Å²) in [7, 11) is 0. The first kappa shape index (κ1) is 25.0. The number of benzene rings is 1. The van der Waals surface area contributed by atoms with Crippen LogP contribution in [0.3, 0.4) is 0 Å². The van der Waals surface area contributed by atoms with Crippen molar-refractivity contribution in [2.75, 3.05) is 18.5 Å². The number of carbonyl (C=O) groups is 1. The van der Waals surface area contributed by atoms with Crippen LogP contribution in [0.2, 0.25) is 0 Å². The maximum absolute atomic E-state index is 14.1. The summed E-state index contributed by atoms with van der Waals surface area (Å²) in [5.74, 6) is -4.87. The van der Waals surface area contributed by atoms with Crippen LogP contribution < -0.4 is 15.5 Å². The van der Waals surface area contributed by atoms with E-state index in [9.17, 15) is 33.0 Å². The van der Waals surface area contributed by atoms with Gasteiger partial charge in [0.05, 0.1) is 30.3 Å². The molecule has 0 aliphatic rings. The molecule has 0 aliphatic heterocycles. The molecular weight excluding hydrogens is 455 g/mol. The molecule has 0 spiro atoms. The molecule has 34 heavy (non-hydrogen) atoms. The standard InChI is InChI=1S/C23H24F3N3O5/c1-4-34-22-18(27-8-14-16(25)5-12(24)6-17(14)26)7-13-20(31)15(23(32)33)9-29(21(13)28-22)19(10-30)11(2)3/h5-7,9,11,19,27,30H,4,8,10H2,1-3H3,(H,32,33). The van der Waals surface area contributed by atoms with Crippen molar-refractivity contribution in [3.8, 4) is 5.88 Å². The molecule has 1 atom stereocenters. The van der Waals surface area contributed by atoms with Crippen LogP contribution in [0.25, 0.3) is 11.0 Å². The number of ether oxygens (including phenoxy) is 1. The lowest BCUT2D eigenvalue weighted by Crippen LogP contribution is -2.26. The summed E-state index contributed by atoms with van der Waals surface area (Å²) in [6, 6.07) is 1.78. The zero-order chi connectivity index (χ0) is 25.2. The second kappa shape index (κ2) is 10.1. The first-order valence-electron chi connectivity index (χ1n) is 10.5. The molecule has 1 aromatic carbocycles. The Hall–Kier alpha value is -3.60. The number of carboxylic acids is 1. The van der Waals surface area contributed by atoms with Gasteiger partial charge >= 0.3 is 5.97 Å². The van der Waals surface area contributed by atoms with E-state index in [1.165, 1.54) is 10.6 Å². The van der Waals surface area contributed by atoms with Crippen molar-refractivity contribution >= 4 is 22.7 Å². The molecule has 0 fully saturated rings. The molecular formula is C23H24F3N3O5. The minimum Gasteiger partial charge on any atom is -0.477 e. The Labute approximate surface area is 192 Å². The summed E-state index contributed by atoms with van der Waals surface area (Å²) in [4.78, 5) is 29.0. The summed E-state index contributed by atoms with van der Waals surface area (Å²) in [5.41, 5.74) is -1.64. The first-order chi connectivity index (χ1) is 16.1. The number of halogens is 3. The summed E-state index contributed by atoms with van der Waals surface area (Å²) >= 11 is 0. The fourth-order valence-corrected chi connectivity index (χ4v) is 3.58. The highest BCUT2D eigenvalue weighted by Crippen LogP contribution is 2.30. The summed E-state index contributed by atoms with van der Waals surface area (Å²) in [6.45, 7) is 4.71. The van der Waals surface area contributed by atoms with Gasteiger partial charge in [0.25, 0.3) is 0 Å². The zero-order valence-electron chi connectivity index (χ0n) is 18.7. The van der Waals surface area contributed by atoms with Crippen LogP contribution in [-0.2, 0) is 6.54 Å². The van der Waals surface area contributed by atoms with Gasteiger partial charge in [-0.2, -0.15) is 4.98 Å². The Morgan fingerprint density at radius 3 is 2.38 bits per heavy atom. The highest BCUT2D eigenvalue weighted by Gasteiger charge is 2.24. The number of carboxylic acid groups (broad SMARTS) is 1. The maximum atomic E-state index is 14.1. The third-order valence-electron chi connectivity index (χ3n) is 5.36. The van der Waals surface area contributed by atoms with Gasteiger partial charge in [-0.3, -0.25) is 4.79 Å². The SMILES string of the molecule is CCOc1nc2c(cc1NCc1c(F)cc(F)cc1F)c(=O)c(C(=O)O)cn2C(CO)C(C)C. The van der Waals surface area contributed by atoms with E-state index in [4.69, 9.17) is 4.74 Å². The van der Waals surface area contributed by atoms with E-state index in [2.05, 4.69) is 10.3 Å². The Morgan fingerprint density at radius 2 is 1.85 bits per heavy atom. The van der Waals surface area contributed by atoms with Crippen molar-refractivity contribution < 1.29 is 32.9 Å². The number of hydrogen-bond donors (Lipinski definition) is 3. The summed E-state index contributed by atoms with van der Waals surface area (Å²) in [5, 5.41) is 22.1. The van der Waals surface area contributed by atoms with Gasteiger partial charge < -0.3 is 24.8 Å². The number of pyridine rings is 2. The smallest absolute Gasteiger partial charge is 0.341 e. The lowest BCUT2D eigenvalue weighted by molar-refractivity contribution is 0.0694. The number of anilines is 1. The quantitative estimate of drug-likeness (QED) is 0.429. The average molecular weight is 479 g/mol. The van der Waals surface area contributed by atoms with Crippen molar-refractivity contribution in [3.63, 3.8) is 0 Å². The van der Waals surface area contributed by atoms with Gasteiger partial charge in [-0.15, -0.1) is 0 Å². The predicted molar refractivity (Wildman–Crippen MR) is 119 cm³/mol. The van der Waals surface area contributed by atoms with Crippen LogP contribution in [0, 0.1) is 23.4 Å². The van der Waals surface area contributed by atoms with Crippen LogP contribution in [0.15, 0.2) is 29.2 Å². The average Bonchev–Trinajstić information content (AvgIpc) is 2.75. The second-order valence-corrected chi connectivity index (χ2v) is 7.93. The first-order valence-corrected chi connectivity index (χ1v) is 10.5. The fraction of sp³-hybridized carbons (Fsp3) is 0.348. The molecule has 8 nitrogen and oxygen atoms in total. The van der Waals surface area contributed by atoms with Crippen LogP contribution in [0.5, 0.6) is 5.88 Å². The predicted octanol–water partition coefficient (Wildman–Crippen LogP) is 3.71. The van der Waals surface area contributed by atoms with Gasteiger partial charge in [-0.1, -0.05) is 13.8 Å². The molecule has 182 valence electrons. The van der Waals surface area contributed by atoms with E-state index >= 15 is 0 Å². The highest BCUT2D eigenvalue weighted by atomic mass is 19.1. The molecule has 0 saturated carbocycles. The minimum absolute atomic E-state index is 0.00500. The third-order valence-corrected chi connectivity index (χ3v) is 5.36. The Balaban J connectivity index is 2.21. The largest absolute Gasteiger partial charge is 0.477 e. The molecule has 0 bridgehead atoms. The van der Waals surface area contributed by atoms with Crippen molar-refractivity contribution in [1.29, 1.82) is 0 Å². The number of aliphatic hydroxyl groups excluding tert-OH is 1. The monoisotopic (exact) mass is 479 g/mol. The number of rotatable bonds is 9. The van der Waals surface area contributed by atoms with Crippen LogP contribution in [-0.4, -0.2) is 38.9 Å². The fourth-order valence-electron chi connectivity index (χ4n) is 3.58. The van der Waals surface area contributed by atoms with Crippen molar-refractivity contribution in [2.45, 2.75) is 33.4 Å². The van der Waals surface area contributed by atoms with Crippen molar-refractivity contribution in [1.82, 2.24) is 9.55 Å². The van der Waals surface area contributed by atoms with Crippen molar-refractivity contribution in [2.24, 2.45) is 5.92 Å². The van der Waals surface area contributed by atoms with Crippen LogP contribution >= 0.6 is 0 Å². The molecule has 11 heteroatoms. The number of aromatic nitrogens is 2. The van der Waals surface area contributed by atoms with Crippen LogP contribution in [0.4, 0.5) is 18.9 Å². The number of fused-ring (bicyclic) bond motifs is 1. The lowest BCUT2D eigenvalue weighted by Gasteiger charge is -2.24. The molecule has 0 saturated heterocycles. The Morgan fingerprint density at radius 1 is 1.21 bits per heavy atom. The number of hydrogen-bond acceptors (Lipinski definition) is 6. The number of nitrogens with one attached hydrogen (secondary N) is 1. The molecule has 0 amide bonds.